The SMILES string of the molecule is O=C(Nc1cc(Cl)c(C(F)(F)F)cn1)N1CCc2c(ccnc2F)C1. The largest absolute Gasteiger partial charge is 0.419 e. The number of aromatic nitrogens is 2. The Morgan fingerprint density at radius 2 is 2.08 bits per heavy atom. The third kappa shape index (κ3) is 3.65. The van der Waals surface area contributed by atoms with Gasteiger partial charge in [0.15, 0.2) is 0 Å². The van der Waals surface area contributed by atoms with Gasteiger partial charge in [0.05, 0.1) is 10.6 Å². The average molecular weight is 375 g/mol. The Hall–Kier alpha value is -2.42. The maximum atomic E-state index is 13.6. The second kappa shape index (κ2) is 6.47. The molecule has 3 rings (SSSR count). The first-order valence-electron chi connectivity index (χ1n) is 7.16. The number of nitrogens with zero attached hydrogens (tertiary/aromatic N) is 3. The van der Waals surface area contributed by atoms with Crippen LogP contribution in [0.15, 0.2) is 24.5 Å². The predicted molar refractivity (Wildman–Crippen MR) is 81.6 cm³/mol. The molecule has 10 heteroatoms. The molecule has 132 valence electrons. The Balaban J connectivity index is 1.72. The monoisotopic (exact) mass is 374 g/mol. The van der Waals surface area contributed by atoms with Gasteiger partial charge in [-0.2, -0.15) is 17.6 Å². The van der Waals surface area contributed by atoms with E-state index in [1.807, 2.05) is 0 Å². The van der Waals surface area contributed by atoms with E-state index in [0.29, 0.717) is 23.7 Å². The van der Waals surface area contributed by atoms with Crippen molar-refractivity contribution < 1.29 is 22.4 Å². The molecule has 3 heterocycles. The van der Waals surface area contributed by atoms with Crippen LogP contribution in [0.2, 0.25) is 5.02 Å². The number of hydrogen-bond acceptors (Lipinski definition) is 3. The molecule has 2 aromatic rings. The zero-order valence-electron chi connectivity index (χ0n) is 12.6. The lowest BCUT2D eigenvalue weighted by Gasteiger charge is -2.28. The van der Waals surface area contributed by atoms with Crippen LogP contribution in [-0.2, 0) is 19.1 Å². The van der Waals surface area contributed by atoms with Crippen molar-refractivity contribution in [2.75, 3.05) is 11.9 Å². The van der Waals surface area contributed by atoms with E-state index in [2.05, 4.69) is 15.3 Å². The van der Waals surface area contributed by atoms with Crippen LogP contribution in [0.3, 0.4) is 0 Å². The number of urea groups is 1. The highest BCUT2D eigenvalue weighted by atomic mass is 35.5. The summed E-state index contributed by atoms with van der Waals surface area (Å²) < 4.78 is 51.5. The van der Waals surface area contributed by atoms with Crippen molar-refractivity contribution in [2.24, 2.45) is 0 Å². The molecule has 0 bridgehead atoms. The van der Waals surface area contributed by atoms with Crippen LogP contribution in [0.25, 0.3) is 0 Å². The lowest BCUT2D eigenvalue weighted by molar-refractivity contribution is -0.137. The highest BCUT2D eigenvalue weighted by Crippen LogP contribution is 2.35. The van der Waals surface area contributed by atoms with Crippen molar-refractivity contribution in [3.05, 3.63) is 52.2 Å². The van der Waals surface area contributed by atoms with E-state index in [1.165, 1.54) is 11.1 Å². The van der Waals surface area contributed by atoms with Crippen molar-refractivity contribution in [2.45, 2.75) is 19.1 Å². The molecule has 1 aliphatic rings. The van der Waals surface area contributed by atoms with Crippen molar-refractivity contribution in [3.8, 4) is 0 Å². The zero-order chi connectivity index (χ0) is 18.2. The van der Waals surface area contributed by atoms with Gasteiger partial charge in [-0.15, -0.1) is 0 Å². The third-order valence-electron chi connectivity index (χ3n) is 3.77. The van der Waals surface area contributed by atoms with Crippen molar-refractivity contribution in [1.29, 1.82) is 0 Å². The van der Waals surface area contributed by atoms with Crippen molar-refractivity contribution >= 4 is 23.4 Å². The molecule has 0 fully saturated rings. The van der Waals surface area contributed by atoms with Crippen LogP contribution in [0.1, 0.15) is 16.7 Å². The van der Waals surface area contributed by atoms with Gasteiger partial charge in [0, 0.05) is 37.1 Å². The fourth-order valence-corrected chi connectivity index (χ4v) is 2.78. The predicted octanol–water partition coefficient (Wildman–Crippen LogP) is 3.88. The first-order valence-corrected chi connectivity index (χ1v) is 7.54. The van der Waals surface area contributed by atoms with E-state index in [1.54, 1.807) is 6.07 Å². The molecule has 0 unspecified atom stereocenters. The van der Waals surface area contributed by atoms with Gasteiger partial charge in [-0.25, -0.2) is 14.8 Å². The van der Waals surface area contributed by atoms with E-state index in [4.69, 9.17) is 11.6 Å². The van der Waals surface area contributed by atoms with E-state index in [9.17, 15) is 22.4 Å². The van der Waals surface area contributed by atoms with E-state index >= 15 is 0 Å². The number of pyridine rings is 2. The summed E-state index contributed by atoms with van der Waals surface area (Å²) in [4.78, 5) is 20.8. The molecule has 0 saturated heterocycles. The lowest BCUT2D eigenvalue weighted by atomic mass is 10.0. The summed E-state index contributed by atoms with van der Waals surface area (Å²) in [5, 5.41) is 1.83. The smallest absolute Gasteiger partial charge is 0.320 e. The van der Waals surface area contributed by atoms with E-state index in [-0.39, 0.29) is 18.9 Å². The minimum Gasteiger partial charge on any atom is -0.320 e. The summed E-state index contributed by atoms with van der Waals surface area (Å²) >= 11 is 5.59. The van der Waals surface area contributed by atoms with Gasteiger partial charge in [-0.3, -0.25) is 5.32 Å². The highest BCUT2D eigenvalue weighted by Gasteiger charge is 2.34. The third-order valence-corrected chi connectivity index (χ3v) is 4.09. The van der Waals surface area contributed by atoms with Crippen LogP contribution in [0.4, 0.5) is 28.2 Å². The fourth-order valence-electron chi connectivity index (χ4n) is 2.52. The molecule has 1 N–H and O–H groups in total. The van der Waals surface area contributed by atoms with Crippen LogP contribution in [-0.4, -0.2) is 27.4 Å². The molecular weight excluding hydrogens is 364 g/mol. The number of nitrogens with one attached hydrogen (secondary N) is 1. The summed E-state index contributed by atoms with van der Waals surface area (Å²) in [6, 6.07) is 1.99. The van der Waals surface area contributed by atoms with Gasteiger partial charge in [0.25, 0.3) is 0 Å². The fraction of sp³-hybridized carbons (Fsp3) is 0.267. The van der Waals surface area contributed by atoms with E-state index in [0.717, 1.165) is 6.07 Å². The Kier molecular flexibility index (Phi) is 4.51. The summed E-state index contributed by atoms with van der Waals surface area (Å²) in [6.07, 6.45) is -2.46. The van der Waals surface area contributed by atoms with Crippen LogP contribution >= 0.6 is 11.6 Å². The second-order valence-corrected chi connectivity index (χ2v) is 5.80. The van der Waals surface area contributed by atoms with E-state index < -0.39 is 28.7 Å². The number of fused-ring (bicyclic) bond motifs is 1. The number of hydrogen-bond donors (Lipinski definition) is 1. The molecular formula is C15H11ClF4N4O. The number of anilines is 1. The maximum absolute atomic E-state index is 13.6. The average Bonchev–Trinajstić information content (AvgIpc) is 2.53. The summed E-state index contributed by atoms with van der Waals surface area (Å²) in [6.45, 7) is 0.408. The molecule has 0 atom stereocenters. The molecule has 0 spiro atoms. The molecule has 25 heavy (non-hydrogen) atoms. The molecule has 2 aromatic heterocycles. The second-order valence-electron chi connectivity index (χ2n) is 5.39. The molecule has 2 amide bonds. The Morgan fingerprint density at radius 3 is 2.76 bits per heavy atom. The van der Waals surface area contributed by atoms with Gasteiger partial charge in [0.1, 0.15) is 5.82 Å². The molecule has 0 aliphatic carbocycles. The Labute approximate surface area is 144 Å². The summed E-state index contributed by atoms with van der Waals surface area (Å²) in [7, 11) is 0. The first kappa shape index (κ1) is 17.4. The standard InChI is InChI=1S/C15H11ClF4N4O/c16-11-5-12(22-6-10(11)15(18,19)20)23-14(25)24-4-2-9-8(7-24)1-3-21-13(9)17/h1,3,5-6H,2,4,7H2,(H,22,23,25). The molecule has 0 aromatic carbocycles. The number of alkyl halides is 3. The van der Waals surface area contributed by atoms with Gasteiger partial charge in [-0.05, 0) is 18.1 Å². The lowest BCUT2D eigenvalue weighted by Crippen LogP contribution is -2.39. The van der Waals surface area contributed by atoms with Crippen LogP contribution < -0.4 is 5.32 Å². The zero-order valence-corrected chi connectivity index (χ0v) is 13.3. The van der Waals surface area contributed by atoms with Gasteiger partial charge in [-0.1, -0.05) is 11.6 Å². The number of halogens is 5. The maximum Gasteiger partial charge on any atom is 0.419 e. The first-order chi connectivity index (χ1) is 11.8. The molecule has 1 aliphatic heterocycles. The minimum absolute atomic E-state index is 0.102. The van der Waals surface area contributed by atoms with Crippen molar-refractivity contribution in [3.63, 3.8) is 0 Å². The number of rotatable bonds is 1. The van der Waals surface area contributed by atoms with Gasteiger partial charge < -0.3 is 4.90 Å². The summed E-state index contributed by atoms with van der Waals surface area (Å²) in [5.41, 5.74) is 0.0107. The number of amides is 2. The van der Waals surface area contributed by atoms with Crippen molar-refractivity contribution in [1.82, 2.24) is 14.9 Å². The summed E-state index contributed by atoms with van der Waals surface area (Å²) in [5.74, 6) is -0.663. The molecule has 0 radical (unpaired) electrons. The number of carbonyl (C=O) groups is 1. The Morgan fingerprint density at radius 1 is 1.32 bits per heavy atom. The normalized spacial score (nSPS) is 14.2. The van der Waals surface area contributed by atoms with Gasteiger partial charge >= 0.3 is 12.2 Å². The van der Waals surface area contributed by atoms with Gasteiger partial charge in [0.2, 0.25) is 5.95 Å². The van der Waals surface area contributed by atoms with Crippen LogP contribution in [0.5, 0.6) is 0 Å². The highest BCUT2D eigenvalue weighted by molar-refractivity contribution is 6.31. The quantitative estimate of drug-likeness (QED) is 0.609. The van der Waals surface area contributed by atoms with Crippen LogP contribution in [0, 0.1) is 5.95 Å². The minimum atomic E-state index is -4.62. The number of carbonyl (C=O) groups excluding carboxylic acids is 1. The Bertz CT molecular complexity index is 828. The molecule has 0 saturated carbocycles. The topological polar surface area (TPSA) is 58.1 Å². The molecule has 5 nitrogen and oxygen atoms in total.